The Morgan fingerprint density at radius 1 is 0.370 bits per heavy atom. The summed E-state index contributed by atoms with van der Waals surface area (Å²) in [5.41, 5.74) is 11.4. The number of imidazole rings is 1. The molecule has 216 valence electrons. The molecule has 0 atom stereocenters. The van der Waals surface area contributed by atoms with Gasteiger partial charge in [0.05, 0.1) is 16.6 Å². The SMILES string of the molecule is c1ccc([N+](c2ccccc2)(c2ccccc2)c2ccc(-c3ccc4c(c3)c3ccccc3c3nc5ccccc5n43)cc2)cc1. The second kappa shape index (κ2) is 10.6. The third-order valence-electron chi connectivity index (χ3n) is 9.27. The van der Waals surface area contributed by atoms with E-state index in [4.69, 9.17) is 4.98 Å². The molecule has 9 aromatic rings. The first kappa shape index (κ1) is 26.4. The van der Waals surface area contributed by atoms with Crippen molar-refractivity contribution >= 4 is 61.1 Å². The number of benzene rings is 7. The number of fused-ring (bicyclic) bond motifs is 8. The van der Waals surface area contributed by atoms with Gasteiger partial charge in [0.2, 0.25) is 0 Å². The summed E-state index contributed by atoms with van der Waals surface area (Å²) in [6.45, 7) is 0. The van der Waals surface area contributed by atoms with Crippen LogP contribution < -0.4 is 4.48 Å². The van der Waals surface area contributed by atoms with Gasteiger partial charge in [-0.25, -0.2) is 4.98 Å². The molecule has 0 aliphatic heterocycles. The number of aromatic nitrogens is 2. The van der Waals surface area contributed by atoms with Crippen molar-refractivity contribution in [3.8, 4) is 11.1 Å². The fourth-order valence-corrected chi connectivity index (χ4v) is 7.22. The van der Waals surface area contributed by atoms with Gasteiger partial charge in [0.15, 0.2) is 0 Å². The zero-order valence-electron chi connectivity index (χ0n) is 25.2. The minimum atomic E-state index is 0.483. The molecule has 0 radical (unpaired) electrons. The van der Waals surface area contributed by atoms with Gasteiger partial charge in [-0.1, -0.05) is 97.1 Å². The van der Waals surface area contributed by atoms with E-state index < -0.39 is 0 Å². The van der Waals surface area contributed by atoms with Crippen molar-refractivity contribution in [2.45, 2.75) is 0 Å². The van der Waals surface area contributed by atoms with E-state index in [1.54, 1.807) is 0 Å². The highest BCUT2D eigenvalue weighted by atomic mass is 15.4. The highest BCUT2D eigenvalue weighted by Crippen LogP contribution is 2.51. The van der Waals surface area contributed by atoms with Crippen LogP contribution in [0.25, 0.3) is 49.5 Å². The molecule has 0 spiro atoms. The van der Waals surface area contributed by atoms with Crippen molar-refractivity contribution in [2.75, 3.05) is 0 Å². The minimum Gasteiger partial charge on any atom is -0.292 e. The Balaban J connectivity index is 1.25. The molecule has 0 fully saturated rings. The topological polar surface area (TPSA) is 17.3 Å². The van der Waals surface area contributed by atoms with Crippen LogP contribution in [-0.4, -0.2) is 9.38 Å². The zero-order chi connectivity index (χ0) is 30.5. The predicted molar refractivity (Wildman–Crippen MR) is 193 cm³/mol. The number of pyridine rings is 1. The van der Waals surface area contributed by atoms with Gasteiger partial charge in [0.1, 0.15) is 28.4 Å². The molecule has 2 aromatic heterocycles. The van der Waals surface area contributed by atoms with Crippen LogP contribution in [0.3, 0.4) is 0 Å². The Bertz CT molecular complexity index is 2400. The van der Waals surface area contributed by atoms with Crippen LogP contribution in [0.4, 0.5) is 22.7 Å². The number of quaternary nitrogens is 1. The summed E-state index contributed by atoms with van der Waals surface area (Å²) < 4.78 is 2.79. The van der Waals surface area contributed by atoms with E-state index in [1.807, 2.05) is 0 Å². The quantitative estimate of drug-likeness (QED) is 0.144. The fourth-order valence-electron chi connectivity index (χ4n) is 7.22. The van der Waals surface area contributed by atoms with E-state index in [9.17, 15) is 0 Å². The van der Waals surface area contributed by atoms with Gasteiger partial charge in [0, 0.05) is 59.3 Å². The molecule has 2 heterocycles. The molecule has 7 aromatic carbocycles. The van der Waals surface area contributed by atoms with E-state index >= 15 is 0 Å². The lowest BCUT2D eigenvalue weighted by molar-refractivity contribution is 0.704. The van der Waals surface area contributed by atoms with Crippen LogP contribution in [0.5, 0.6) is 0 Å². The highest BCUT2D eigenvalue weighted by Gasteiger charge is 2.38. The Labute approximate surface area is 267 Å². The molecule has 0 amide bonds. The van der Waals surface area contributed by atoms with Gasteiger partial charge >= 0.3 is 0 Å². The molecular formula is C43H30N3+. The van der Waals surface area contributed by atoms with Gasteiger partial charge < -0.3 is 0 Å². The molecule has 3 nitrogen and oxygen atoms in total. The number of hydrogen-bond acceptors (Lipinski definition) is 1. The molecular weight excluding hydrogens is 558 g/mol. The average Bonchev–Trinajstić information content (AvgIpc) is 3.54. The first-order valence-electron chi connectivity index (χ1n) is 15.7. The Hall–Kier alpha value is -6.03. The normalized spacial score (nSPS) is 11.9. The van der Waals surface area contributed by atoms with Crippen molar-refractivity contribution in [2.24, 2.45) is 0 Å². The van der Waals surface area contributed by atoms with E-state index in [0.29, 0.717) is 4.48 Å². The molecule has 3 heteroatoms. The Morgan fingerprint density at radius 2 is 0.870 bits per heavy atom. The van der Waals surface area contributed by atoms with Crippen molar-refractivity contribution in [1.29, 1.82) is 0 Å². The summed E-state index contributed by atoms with van der Waals surface area (Å²) >= 11 is 0. The van der Waals surface area contributed by atoms with Gasteiger partial charge in [-0.05, 0) is 52.9 Å². The number of nitrogens with zero attached hydrogens (tertiary/aromatic N) is 3. The van der Waals surface area contributed by atoms with Crippen molar-refractivity contribution < 1.29 is 0 Å². The predicted octanol–water partition coefficient (Wildman–Crippen LogP) is 11.8. The number of para-hydroxylation sites is 5. The maximum absolute atomic E-state index is 5.04. The fraction of sp³-hybridized carbons (Fsp3) is 0. The van der Waals surface area contributed by atoms with E-state index in [-0.39, 0.29) is 0 Å². The third kappa shape index (κ3) is 3.93. The van der Waals surface area contributed by atoms with Crippen molar-refractivity contribution in [1.82, 2.24) is 13.9 Å². The van der Waals surface area contributed by atoms with E-state index in [0.717, 1.165) is 27.6 Å². The summed E-state index contributed by atoms with van der Waals surface area (Å²) in [6.07, 6.45) is 0. The molecule has 0 saturated heterocycles. The van der Waals surface area contributed by atoms with Crippen LogP contribution in [0.2, 0.25) is 0 Å². The molecule has 0 aliphatic rings. The summed E-state index contributed by atoms with van der Waals surface area (Å²) in [5, 5.41) is 3.59. The number of hydrogen-bond donors (Lipinski definition) is 0. The standard InChI is InChI=1S/C43H30N3/c1-4-14-33(15-5-1)46(34-16-6-2-7-17-34,35-18-8-3-9-19-35)36-27-24-31(25-28-36)32-26-29-41-39(30-32)37-20-10-11-21-38(37)43-44-40-22-12-13-23-42(40)45(41)43/h1-30H/q+1. The molecule has 9 rings (SSSR count). The molecule has 0 bridgehead atoms. The highest BCUT2D eigenvalue weighted by molar-refractivity contribution is 6.14. The van der Waals surface area contributed by atoms with Crippen LogP contribution in [0.15, 0.2) is 182 Å². The van der Waals surface area contributed by atoms with E-state index in [1.165, 1.54) is 44.6 Å². The van der Waals surface area contributed by atoms with Gasteiger partial charge in [-0.15, -0.1) is 0 Å². The lowest BCUT2D eigenvalue weighted by atomic mass is 9.98. The first-order valence-corrected chi connectivity index (χ1v) is 15.7. The maximum atomic E-state index is 5.04. The van der Waals surface area contributed by atoms with Gasteiger partial charge in [-0.3, -0.25) is 4.40 Å². The lowest BCUT2D eigenvalue weighted by Gasteiger charge is -2.37. The molecule has 46 heavy (non-hydrogen) atoms. The first-order chi connectivity index (χ1) is 22.8. The lowest BCUT2D eigenvalue weighted by Crippen LogP contribution is -2.33. The molecule has 0 saturated carbocycles. The molecule has 0 N–H and O–H groups in total. The summed E-state index contributed by atoms with van der Waals surface area (Å²) in [7, 11) is 0. The van der Waals surface area contributed by atoms with Crippen molar-refractivity contribution in [3.05, 3.63) is 182 Å². The van der Waals surface area contributed by atoms with Gasteiger partial charge in [0.25, 0.3) is 0 Å². The largest absolute Gasteiger partial charge is 0.292 e. The second-order valence-electron chi connectivity index (χ2n) is 11.8. The van der Waals surface area contributed by atoms with Gasteiger partial charge in [-0.2, -0.15) is 4.48 Å². The minimum absolute atomic E-state index is 0.483. The smallest absolute Gasteiger partial charge is 0.148 e. The summed E-state index contributed by atoms with van der Waals surface area (Å²) in [5.74, 6) is 0. The Morgan fingerprint density at radius 3 is 1.50 bits per heavy atom. The van der Waals surface area contributed by atoms with Crippen molar-refractivity contribution in [3.63, 3.8) is 0 Å². The Kier molecular flexibility index (Phi) is 6.05. The van der Waals surface area contributed by atoms with Crippen LogP contribution in [0, 0.1) is 0 Å². The van der Waals surface area contributed by atoms with Crippen LogP contribution in [0.1, 0.15) is 0 Å². The third-order valence-corrected chi connectivity index (χ3v) is 9.27. The molecule has 0 unspecified atom stereocenters. The molecule has 0 aliphatic carbocycles. The zero-order valence-corrected chi connectivity index (χ0v) is 25.2. The number of rotatable bonds is 5. The van der Waals surface area contributed by atoms with E-state index in [2.05, 4.69) is 186 Å². The van der Waals surface area contributed by atoms with Crippen LogP contribution >= 0.6 is 0 Å². The summed E-state index contributed by atoms with van der Waals surface area (Å²) in [6, 6.07) is 65.4. The summed E-state index contributed by atoms with van der Waals surface area (Å²) in [4.78, 5) is 5.04. The maximum Gasteiger partial charge on any atom is 0.148 e. The monoisotopic (exact) mass is 588 g/mol. The van der Waals surface area contributed by atoms with Crippen LogP contribution in [-0.2, 0) is 0 Å². The average molecular weight is 589 g/mol. The second-order valence-corrected chi connectivity index (χ2v) is 11.8.